The standard InChI is InChI=1S/C12H16F3N3O2S/c1-21(19,20)9-4-2-3-8(7-9)17-11-16-6-5-10(18-11)12(13,14)15/h5-6,8-9H,2-4,7H2,1H3,(H,16,17,18)/t8-,9+/m1/s1. The van der Waals surface area contributed by atoms with Gasteiger partial charge < -0.3 is 5.32 Å². The third-order valence-corrected chi connectivity index (χ3v) is 5.15. The van der Waals surface area contributed by atoms with Crippen LogP contribution >= 0.6 is 0 Å². The number of halogens is 3. The van der Waals surface area contributed by atoms with E-state index < -0.39 is 27.0 Å². The second-order valence-electron chi connectivity index (χ2n) is 5.22. The predicted molar refractivity (Wildman–Crippen MR) is 71.5 cm³/mol. The van der Waals surface area contributed by atoms with Crippen LogP contribution in [0.1, 0.15) is 31.4 Å². The summed E-state index contributed by atoms with van der Waals surface area (Å²) >= 11 is 0. The Bertz CT molecular complexity index is 604. The van der Waals surface area contributed by atoms with Crippen LogP contribution in [-0.4, -0.2) is 35.9 Å². The predicted octanol–water partition coefficient (Wildman–Crippen LogP) is 2.26. The molecular weight excluding hydrogens is 307 g/mol. The Labute approximate surface area is 120 Å². The molecule has 0 bridgehead atoms. The number of hydrogen-bond donors (Lipinski definition) is 1. The van der Waals surface area contributed by atoms with Gasteiger partial charge in [-0.25, -0.2) is 18.4 Å². The minimum Gasteiger partial charge on any atom is -0.351 e. The molecule has 0 aromatic carbocycles. The van der Waals surface area contributed by atoms with E-state index in [9.17, 15) is 21.6 Å². The lowest BCUT2D eigenvalue weighted by molar-refractivity contribution is -0.141. The van der Waals surface area contributed by atoms with Crippen LogP contribution in [0.2, 0.25) is 0 Å². The average molecular weight is 323 g/mol. The Morgan fingerprint density at radius 1 is 1.33 bits per heavy atom. The molecule has 21 heavy (non-hydrogen) atoms. The van der Waals surface area contributed by atoms with Crippen molar-refractivity contribution < 1.29 is 21.6 Å². The number of rotatable bonds is 3. The van der Waals surface area contributed by atoms with Crippen molar-refractivity contribution >= 4 is 15.8 Å². The normalized spacial score (nSPS) is 23.8. The van der Waals surface area contributed by atoms with E-state index in [2.05, 4.69) is 15.3 Å². The number of sulfone groups is 1. The highest BCUT2D eigenvalue weighted by Gasteiger charge is 2.33. The largest absolute Gasteiger partial charge is 0.433 e. The van der Waals surface area contributed by atoms with Crippen molar-refractivity contribution in [1.29, 1.82) is 0 Å². The molecule has 0 radical (unpaired) electrons. The number of hydrogen-bond acceptors (Lipinski definition) is 5. The summed E-state index contributed by atoms with van der Waals surface area (Å²) in [5, 5.41) is 2.35. The van der Waals surface area contributed by atoms with Gasteiger partial charge in [0, 0.05) is 18.5 Å². The summed E-state index contributed by atoms with van der Waals surface area (Å²) in [7, 11) is -3.14. The number of nitrogens with one attached hydrogen (secondary N) is 1. The van der Waals surface area contributed by atoms with Crippen LogP contribution in [0.15, 0.2) is 12.3 Å². The van der Waals surface area contributed by atoms with Crippen molar-refractivity contribution in [3.63, 3.8) is 0 Å². The molecule has 0 aliphatic heterocycles. The molecule has 5 nitrogen and oxygen atoms in total. The smallest absolute Gasteiger partial charge is 0.351 e. The van der Waals surface area contributed by atoms with E-state index in [4.69, 9.17) is 0 Å². The first kappa shape index (κ1) is 16.0. The lowest BCUT2D eigenvalue weighted by Gasteiger charge is -2.28. The Hall–Kier alpha value is -1.38. The summed E-state index contributed by atoms with van der Waals surface area (Å²) in [5.41, 5.74) is -1.02. The van der Waals surface area contributed by atoms with E-state index in [0.717, 1.165) is 12.3 Å². The Balaban J connectivity index is 2.08. The molecule has 1 aromatic heterocycles. The van der Waals surface area contributed by atoms with Gasteiger partial charge in [0.25, 0.3) is 0 Å². The van der Waals surface area contributed by atoms with Crippen LogP contribution in [-0.2, 0) is 16.0 Å². The van der Waals surface area contributed by atoms with Gasteiger partial charge in [0.05, 0.1) is 5.25 Å². The summed E-state index contributed by atoms with van der Waals surface area (Å²) in [6, 6.07) is 0.563. The van der Waals surface area contributed by atoms with Crippen molar-refractivity contribution in [2.24, 2.45) is 0 Å². The van der Waals surface area contributed by atoms with Gasteiger partial charge >= 0.3 is 6.18 Å². The monoisotopic (exact) mass is 323 g/mol. The first-order valence-electron chi connectivity index (χ1n) is 6.52. The van der Waals surface area contributed by atoms with E-state index in [1.807, 2.05) is 0 Å². The topological polar surface area (TPSA) is 72.0 Å². The zero-order valence-corrected chi connectivity index (χ0v) is 12.2. The fraction of sp³-hybridized carbons (Fsp3) is 0.667. The maximum absolute atomic E-state index is 12.6. The quantitative estimate of drug-likeness (QED) is 0.924. The van der Waals surface area contributed by atoms with Gasteiger partial charge in [0.15, 0.2) is 0 Å². The maximum atomic E-state index is 12.6. The Morgan fingerprint density at radius 2 is 2.05 bits per heavy atom. The second kappa shape index (κ2) is 5.78. The molecule has 0 spiro atoms. The molecule has 1 aromatic rings. The molecule has 0 unspecified atom stereocenters. The molecule has 0 saturated heterocycles. The summed E-state index contributed by atoms with van der Waals surface area (Å²) in [6.45, 7) is 0. The maximum Gasteiger partial charge on any atom is 0.433 e. The minimum atomic E-state index is -4.53. The summed E-state index contributed by atoms with van der Waals surface area (Å²) in [5.74, 6) is -0.121. The second-order valence-corrected chi connectivity index (χ2v) is 7.55. The van der Waals surface area contributed by atoms with Crippen LogP contribution in [0.3, 0.4) is 0 Å². The molecule has 9 heteroatoms. The molecule has 1 aliphatic rings. The first-order valence-corrected chi connectivity index (χ1v) is 8.47. The lowest BCUT2D eigenvalue weighted by Crippen LogP contribution is -2.34. The number of aromatic nitrogens is 2. The summed E-state index contributed by atoms with van der Waals surface area (Å²) in [6.07, 6.45) is 0.0238. The molecule has 1 aliphatic carbocycles. The highest BCUT2D eigenvalue weighted by molar-refractivity contribution is 7.91. The molecule has 0 amide bonds. The fourth-order valence-electron chi connectivity index (χ4n) is 2.43. The molecular formula is C12H16F3N3O2S. The minimum absolute atomic E-state index is 0.121. The van der Waals surface area contributed by atoms with Crippen molar-refractivity contribution in [2.75, 3.05) is 11.6 Å². The average Bonchev–Trinajstić information content (AvgIpc) is 2.37. The van der Waals surface area contributed by atoms with E-state index in [1.54, 1.807) is 0 Å². The molecule has 2 rings (SSSR count). The van der Waals surface area contributed by atoms with Gasteiger partial charge in [-0.1, -0.05) is 6.42 Å². The third-order valence-electron chi connectivity index (χ3n) is 3.51. The molecule has 1 saturated carbocycles. The molecule has 1 heterocycles. The molecule has 1 N–H and O–H groups in total. The Morgan fingerprint density at radius 3 is 2.67 bits per heavy atom. The van der Waals surface area contributed by atoms with E-state index in [0.29, 0.717) is 25.7 Å². The van der Waals surface area contributed by atoms with Crippen LogP contribution in [0.5, 0.6) is 0 Å². The zero-order valence-electron chi connectivity index (χ0n) is 11.4. The zero-order chi connectivity index (χ0) is 15.7. The fourth-order valence-corrected chi connectivity index (χ4v) is 3.61. The van der Waals surface area contributed by atoms with Gasteiger partial charge in [-0.2, -0.15) is 13.2 Å². The van der Waals surface area contributed by atoms with Crippen LogP contribution in [0.25, 0.3) is 0 Å². The molecule has 2 atom stereocenters. The number of alkyl halides is 3. The van der Waals surface area contributed by atoms with Crippen LogP contribution in [0, 0.1) is 0 Å². The number of anilines is 1. The van der Waals surface area contributed by atoms with E-state index in [1.165, 1.54) is 6.26 Å². The van der Waals surface area contributed by atoms with Crippen LogP contribution in [0.4, 0.5) is 19.1 Å². The molecule has 1 fully saturated rings. The van der Waals surface area contributed by atoms with E-state index >= 15 is 0 Å². The highest BCUT2D eigenvalue weighted by atomic mass is 32.2. The van der Waals surface area contributed by atoms with Gasteiger partial charge in [-0.05, 0) is 25.3 Å². The van der Waals surface area contributed by atoms with Gasteiger partial charge in [-0.15, -0.1) is 0 Å². The first-order chi connectivity index (χ1) is 9.66. The van der Waals surface area contributed by atoms with Gasteiger partial charge in [-0.3, -0.25) is 0 Å². The Kier molecular flexibility index (Phi) is 4.40. The van der Waals surface area contributed by atoms with Gasteiger partial charge in [0.2, 0.25) is 5.95 Å². The third kappa shape index (κ3) is 4.29. The van der Waals surface area contributed by atoms with Crippen molar-refractivity contribution in [1.82, 2.24) is 9.97 Å². The lowest BCUT2D eigenvalue weighted by atomic mass is 9.95. The van der Waals surface area contributed by atoms with Crippen molar-refractivity contribution in [3.05, 3.63) is 18.0 Å². The highest BCUT2D eigenvalue weighted by Crippen LogP contribution is 2.29. The van der Waals surface area contributed by atoms with Crippen molar-refractivity contribution in [3.8, 4) is 0 Å². The number of nitrogens with zero attached hydrogens (tertiary/aromatic N) is 2. The SMILES string of the molecule is CS(=O)(=O)[C@H]1CCC[C@@H](Nc2nccc(C(F)(F)F)n2)C1. The van der Waals surface area contributed by atoms with Gasteiger partial charge in [0.1, 0.15) is 15.5 Å². The van der Waals surface area contributed by atoms with Crippen molar-refractivity contribution in [2.45, 2.75) is 43.2 Å². The summed E-state index contributed by atoms with van der Waals surface area (Å²) < 4.78 is 60.8. The summed E-state index contributed by atoms with van der Waals surface area (Å²) in [4.78, 5) is 7.19. The van der Waals surface area contributed by atoms with E-state index in [-0.39, 0.29) is 12.0 Å². The molecule has 118 valence electrons. The van der Waals surface area contributed by atoms with Crippen LogP contribution < -0.4 is 5.32 Å².